The van der Waals surface area contributed by atoms with Crippen LogP contribution in [0.25, 0.3) is 0 Å². The third-order valence-electron chi connectivity index (χ3n) is 5.20. The molecule has 0 saturated heterocycles. The fraction of sp³-hybridized carbons (Fsp3) is 0.391. The molecule has 2 aromatic carbocycles. The van der Waals surface area contributed by atoms with E-state index in [0.717, 1.165) is 38.6 Å². The van der Waals surface area contributed by atoms with Crippen molar-refractivity contribution in [3.8, 4) is 0 Å². The molecule has 154 valence electrons. The summed E-state index contributed by atoms with van der Waals surface area (Å²) < 4.78 is 0. The first-order chi connectivity index (χ1) is 14.1. The highest BCUT2D eigenvalue weighted by Gasteiger charge is 2.22. The maximum absolute atomic E-state index is 12.5. The van der Waals surface area contributed by atoms with Crippen molar-refractivity contribution in [3.63, 3.8) is 0 Å². The molecule has 0 radical (unpaired) electrons. The van der Waals surface area contributed by atoms with Gasteiger partial charge in [0.05, 0.1) is 0 Å². The van der Waals surface area contributed by atoms with E-state index in [4.69, 9.17) is 0 Å². The molecule has 0 unspecified atom stereocenters. The van der Waals surface area contributed by atoms with Gasteiger partial charge in [0.2, 0.25) is 5.91 Å². The predicted octanol–water partition coefficient (Wildman–Crippen LogP) is 3.74. The minimum Gasteiger partial charge on any atom is -0.356 e. The Morgan fingerprint density at radius 2 is 1.79 bits per heavy atom. The lowest BCUT2D eigenvalue weighted by Crippen LogP contribution is -2.39. The highest BCUT2D eigenvalue weighted by Crippen LogP contribution is 2.22. The Hall–Kier alpha value is -2.47. The number of amides is 1. The second-order valence-corrected chi connectivity index (χ2v) is 8.18. The summed E-state index contributed by atoms with van der Waals surface area (Å²) in [6.45, 7) is 3.00. The lowest BCUT2D eigenvalue weighted by Gasteiger charge is -2.22. The Balaban J connectivity index is 1.40. The molecular weight excluding hydrogens is 380 g/mol. The molecule has 2 aromatic rings. The molecule has 0 atom stereocenters. The van der Waals surface area contributed by atoms with Gasteiger partial charge >= 0.3 is 0 Å². The van der Waals surface area contributed by atoms with Crippen LogP contribution in [0.2, 0.25) is 0 Å². The van der Waals surface area contributed by atoms with Gasteiger partial charge in [-0.3, -0.25) is 9.79 Å². The fourth-order valence-corrected chi connectivity index (χ4v) is 3.98. The van der Waals surface area contributed by atoms with Gasteiger partial charge in [-0.15, -0.1) is 11.8 Å². The quantitative estimate of drug-likeness (QED) is 0.327. The number of nitrogens with zero attached hydrogens (tertiary/aromatic N) is 3. The maximum Gasteiger partial charge on any atom is 0.223 e. The number of hydrogen-bond acceptors (Lipinski definition) is 3. The zero-order chi connectivity index (χ0) is 20.6. The molecule has 0 saturated carbocycles. The summed E-state index contributed by atoms with van der Waals surface area (Å²) in [6.07, 6.45) is 3.43. The van der Waals surface area contributed by atoms with E-state index in [1.807, 2.05) is 24.1 Å². The lowest BCUT2D eigenvalue weighted by molar-refractivity contribution is -0.131. The molecule has 0 spiro atoms. The van der Waals surface area contributed by atoms with E-state index in [2.05, 4.69) is 57.9 Å². The number of benzene rings is 2. The number of hydrogen-bond donors (Lipinski definition) is 1. The van der Waals surface area contributed by atoms with Gasteiger partial charge < -0.3 is 15.1 Å². The highest BCUT2D eigenvalue weighted by atomic mass is 32.2. The van der Waals surface area contributed by atoms with Gasteiger partial charge in [0.15, 0.2) is 5.96 Å². The van der Waals surface area contributed by atoms with Crippen LogP contribution in [0.15, 0.2) is 58.4 Å². The average molecular weight is 411 g/mol. The topological polar surface area (TPSA) is 47.9 Å². The number of thioether (sulfide) groups is 1. The molecule has 1 aliphatic rings. The summed E-state index contributed by atoms with van der Waals surface area (Å²) in [6, 6.07) is 16.9. The smallest absolute Gasteiger partial charge is 0.223 e. The van der Waals surface area contributed by atoms with E-state index in [1.54, 1.807) is 18.8 Å². The molecule has 1 N–H and O–H groups in total. The van der Waals surface area contributed by atoms with Crippen LogP contribution in [0.5, 0.6) is 0 Å². The summed E-state index contributed by atoms with van der Waals surface area (Å²) in [4.78, 5) is 22.2. The number of nitrogens with one attached hydrogen (secondary N) is 1. The average Bonchev–Trinajstić information content (AvgIpc) is 3.18. The van der Waals surface area contributed by atoms with Crippen molar-refractivity contribution in [3.05, 3.63) is 65.2 Å². The number of rotatable bonds is 7. The van der Waals surface area contributed by atoms with E-state index >= 15 is 0 Å². The standard InChI is InChI=1S/C23H30N4OS/c1-24-23(26(2)15-18-10-12-21(29-3)13-11-18)25-14-6-9-22(28)27-16-19-7-4-5-8-20(19)17-27/h4-5,7-8,10-13H,6,9,14-17H2,1-3H3,(H,24,25). The second-order valence-electron chi connectivity index (χ2n) is 7.30. The van der Waals surface area contributed by atoms with Gasteiger partial charge in [-0.2, -0.15) is 0 Å². The summed E-state index contributed by atoms with van der Waals surface area (Å²) in [5.41, 5.74) is 3.79. The Kier molecular flexibility index (Phi) is 7.58. The minimum absolute atomic E-state index is 0.222. The van der Waals surface area contributed by atoms with Crippen molar-refractivity contribution in [1.82, 2.24) is 15.1 Å². The molecule has 29 heavy (non-hydrogen) atoms. The second kappa shape index (κ2) is 10.3. The third kappa shape index (κ3) is 5.76. The van der Waals surface area contributed by atoms with Gasteiger partial charge in [0.25, 0.3) is 0 Å². The maximum atomic E-state index is 12.5. The van der Waals surface area contributed by atoms with Gasteiger partial charge in [0.1, 0.15) is 0 Å². The van der Waals surface area contributed by atoms with E-state index in [0.29, 0.717) is 6.42 Å². The Morgan fingerprint density at radius 1 is 1.14 bits per heavy atom. The van der Waals surface area contributed by atoms with Crippen LogP contribution in [0.3, 0.4) is 0 Å². The van der Waals surface area contributed by atoms with Crippen molar-refractivity contribution in [2.24, 2.45) is 4.99 Å². The number of carbonyl (C=O) groups is 1. The molecule has 1 heterocycles. The van der Waals surface area contributed by atoms with Crippen LogP contribution in [-0.4, -0.2) is 48.6 Å². The summed E-state index contributed by atoms with van der Waals surface area (Å²) in [7, 11) is 3.83. The highest BCUT2D eigenvalue weighted by molar-refractivity contribution is 7.98. The number of carbonyl (C=O) groups excluding carboxylic acids is 1. The molecule has 6 heteroatoms. The molecule has 0 bridgehead atoms. The first kappa shape index (κ1) is 21.2. The monoisotopic (exact) mass is 410 g/mol. The summed E-state index contributed by atoms with van der Waals surface area (Å²) in [5, 5.41) is 3.38. The minimum atomic E-state index is 0.222. The lowest BCUT2D eigenvalue weighted by atomic mass is 10.1. The van der Waals surface area contributed by atoms with Gasteiger partial charge in [-0.1, -0.05) is 36.4 Å². The van der Waals surface area contributed by atoms with Crippen molar-refractivity contribution in [1.29, 1.82) is 0 Å². The fourth-order valence-electron chi connectivity index (χ4n) is 3.57. The first-order valence-electron chi connectivity index (χ1n) is 10.00. The Labute approximate surface area is 178 Å². The third-order valence-corrected chi connectivity index (χ3v) is 5.94. The number of fused-ring (bicyclic) bond motifs is 1. The zero-order valence-electron chi connectivity index (χ0n) is 17.5. The van der Waals surface area contributed by atoms with Crippen LogP contribution in [0.4, 0.5) is 0 Å². The Bertz CT molecular complexity index is 825. The number of aliphatic imine (C=N–C) groups is 1. The van der Waals surface area contributed by atoms with Gasteiger partial charge in [-0.05, 0) is 41.5 Å². The molecule has 3 rings (SSSR count). The Morgan fingerprint density at radius 3 is 2.38 bits per heavy atom. The van der Waals surface area contributed by atoms with Crippen molar-refractivity contribution < 1.29 is 4.79 Å². The van der Waals surface area contributed by atoms with Gasteiger partial charge in [-0.25, -0.2) is 0 Å². The van der Waals surface area contributed by atoms with Crippen LogP contribution >= 0.6 is 11.8 Å². The van der Waals surface area contributed by atoms with Crippen LogP contribution < -0.4 is 5.32 Å². The van der Waals surface area contributed by atoms with E-state index in [1.165, 1.54) is 21.6 Å². The molecule has 1 aliphatic heterocycles. The molecule has 0 aliphatic carbocycles. The van der Waals surface area contributed by atoms with E-state index < -0.39 is 0 Å². The van der Waals surface area contributed by atoms with Crippen molar-refractivity contribution >= 4 is 23.6 Å². The van der Waals surface area contributed by atoms with Crippen LogP contribution in [0.1, 0.15) is 29.5 Å². The summed E-state index contributed by atoms with van der Waals surface area (Å²) >= 11 is 1.75. The molecule has 0 fully saturated rings. The summed E-state index contributed by atoms with van der Waals surface area (Å²) in [5.74, 6) is 1.07. The zero-order valence-corrected chi connectivity index (χ0v) is 18.3. The normalized spacial score (nSPS) is 13.3. The predicted molar refractivity (Wildman–Crippen MR) is 121 cm³/mol. The van der Waals surface area contributed by atoms with Crippen LogP contribution in [0, 0.1) is 0 Å². The molecule has 5 nitrogen and oxygen atoms in total. The molecular formula is C23H30N4OS. The SMILES string of the molecule is CN=C(NCCCC(=O)N1Cc2ccccc2C1)N(C)Cc1ccc(SC)cc1. The van der Waals surface area contributed by atoms with Crippen molar-refractivity contribution in [2.45, 2.75) is 37.4 Å². The van der Waals surface area contributed by atoms with Crippen LogP contribution in [-0.2, 0) is 24.4 Å². The first-order valence-corrected chi connectivity index (χ1v) is 11.2. The molecule has 0 aromatic heterocycles. The van der Waals surface area contributed by atoms with Crippen molar-refractivity contribution in [2.75, 3.05) is 26.9 Å². The largest absolute Gasteiger partial charge is 0.356 e. The number of guanidine groups is 1. The van der Waals surface area contributed by atoms with Gasteiger partial charge in [0, 0.05) is 51.6 Å². The van der Waals surface area contributed by atoms with E-state index in [-0.39, 0.29) is 5.91 Å². The van der Waals surface area contributed by atoms with E-state index in [9.17, 15) is 4.79 Å². The molecule has 1 amide bonds.